The molecule has 6 heteroatoms. The second-order valence-electron chi connectivity index (χ2n) is 35.4. The van der Waals surface area contributed by atoms with Crippen LogP contribution in [0.3, 0.4) is 0 Å². The molecule has 2 atom stereocenters. The van der Waals surface area contributed by atoms with Crippen molar-refractivity contribution in [1.82, 2.24) is 24.5 Å². The number of benzene rings is 3. The summed E-state index contributed by atoms with van der Waals surface area (Å²) in [6.45, 7) is 79.0. The van der Waals surface area contributed by atoms with Crippen LogP contribution in [-0.4, -0.2) is 44.0 Å². The minimum absolute atomic E-state index is 0.154. The molecule has 6 nitrogen and oxygen atoms in total. The Hall–Kier alpha value is -5.62. The molecule has 0 N–H and O–H groups in total. The average Bonchev–Trinajstić information content (AvgIpc) is 1.34. The van der Waals surface area contributed by atoms with E-state index in [2.05, 4.69) is 286 Å². The first-order valence-electron chi connectivity index (χ1n) is 41.5. The lowest BCUT2D eigenvalue weighted by Gasteiger charge is -2.27. The van der Waals surface area contributed by atoms with E-state index in [0.29, 0.717) is 0 Å². The number of pyridine rings is 2. The van der Waals surface area contributed by atoms with Crippen LogP contribution in [0.2, 0.25) is 0 Å². The standard InChI is InChI=1S/C14H19NO.C12H18.C11H15N3.C11H16.C10H15N.2C8H16.2C8H14.4C2H6/c1-14(2,3)11-5-6-12-10(9-11)7-8-15(4)13(12)16;1-9-6-7-11(8-10(9)2)12(3,4)5;1-8-12-13-10-7-9(11(2,3)4)5-6-14(8)10;1-9-5-7-10(8-6-9)11(2,3)4;1-8-5-6-9(7-11-8)10(2,3)4;4*1-7-3-5-8(2)6-4-7;4*1-2/h5-6,9H,7-8H2,1-4H3;6-8H,1-5H3;5-7H,1-4H3;5-8H,1-4H3;5-7H,1-4H3;2*7-8H,3-6H2,1-2H3;2*3,8H,4-6H2,1-2H3;4*1-2H3/t;;;;;;;2*8-;;;;/m.......10..../s1. The van der Waals surface area contributed by atoms with Crippen molar-refractivity contribution < 1.29 is 4.79 Å². The highest BCUT2D eigenvalue weighted by Crippen LogP contribution is 2.31. The van der Waals surface area contributed by atoms with Gasteiger partial charge in [0.1, 0.15) is 5.82 Å². The van der Waals surface area contributed by atoms with Crippen LogP contribution >= 0.6 is 0 Å². The maximum atomic E-state index is 11.9. The first-order chi connectivity index (χ1) is 48.4. The van der Waals surface area contributed by atoms with E-state index < -0.39 is 0 Å². The molecule has 1 aliphatic heterocycles. The number of aromatic nitrogens is 4. The Kier molecular flexibility index (Phi) is 49.1. The van der Waals surface area contributed by atoms with Gasteiger partial charge < -0.3 is 4.90 Å². The van der Waals surface area contributed by atoms with Crippen LogP contribution in [0.4, 0.5) is 0 Å². The number of carbonyl (C=O) groups excluding carboxylic acids is 1. The second-order valence-corrected chi connectivity index (χ2v) is 35.4. The summed E-state index contributed by atoms with van der Waals surface area (Å²) >= 11 is 0. The lowest BCUT2D eigenvalue weighted by atomic mass is 9.84. The summed E-state index contributed by atoms with van der Waals surface area (Å²) in [6.07, 6.45) is 29.6. The predicted molar refractivity (Wildman–Crippen MR) is 467 cm³/mol. The molecule has 2 fully saturated rings. The van der Waals surface area contributed by atoms with Gasteiger partial charge in [0.2, 0.25) is 0 Å². The van der Waals surface area contributed by atoms with Crippen LogP contribution in [-0.2, 0) is 33.5 Å². The Morgan fingerprint density at radius 3 is 1.12 bits per heavy atom. The number of allylic oxidation sites excluding steroid dienone is 4. The highest BCUT2D eigenvalue weighted by atomic mass is 16.2. The summed E-state index contributed by atoms with van der Waals surface area (Å²) in [5, 5.41) is 8.14. The van der Waals surface area contributed by atoms with Crippen LogP contribution in [0.25, 0.3) is 5.65 Å². The number of amides is 1. The molecule has 0 unspecified atom stereocenters. The Bertz CT molecular complexity index is 3140. The maximum Gasteiger partial charge on any atom is 0.253 e. The van der Waals surface area contributed by atoms with E-state index in [4.69, 9.17) is 0 Å². The molecule has 3 aromatic carbocycles. The van der Waals surface area contributed by atoms with Gasteiger partial charge in [-0.25, -0.2) is 0 Å². The van der Waals surface area contributed by atoms with Crippen molar-refractivity contribution in [2.45, 2.75) is 373 Å². The first-order valence-corrected chi connectivity index (χ1v) is 41.5. The topological polar surface area (TPSA) is 63.4 Å². The van der Waals surface area contributed by atoms with Crippen molar-refractivity contribution in [2.24, 2.45) is 35.5 Å². The number of aryl methyl sites for hydroxylation is 5. The third kappa shape index (κ3) is 41.5. The van der Waals surface area contributed by atoms with Gasteiger partial charge in [0, 0.05) is 37.2 Å². The number of hydrogen-bond donors (Lipinski definition) is 0. The summed E-state index contributed by atoms with van der Waals surface area (Å²) in [6, 6.07) is 30.1. The molecule has 104 heavy (non-hydrogen) atoms. The van der Waals surface area contributed by atoms with Crippen LogP contribution in [0.5, 0.6) is 0 Å². The van der Waals surface area contributed by atoms with E-state index >= 15 is 0 Å². The van der Waals surface area contributed by atoms with Gasteiger partial charge in [-0.2, -0.15) is 0 Å². The average molecular weight is 1430 g/mol. The molecule has 11 rings (SSSR count). The summed E-state index contributed by atoms with van der Waals surface area (Å²) < 4.78 is 2.00. The summed E-state index contributed by atoms with van der Waals surface area (Å²) in [5.41, 5.74) is 19.2. The minimum Gasteiger partial charge on any atom is -0.341 e. The number of likely N-dealkylation sites (N-methyl/N-ethyl adjacent to an activating group) is 1. The van der Waals surface area contributed by atoms with Gasteiger partial charge in [-0.1, -0.05) is 342 Å². The number of carbonyl (C=O) groups is 1. The third-order valence-electron chi connectivity index (χ3n) is 20.2. The molecule has 1 amide bonds. The molecule has 5 aliphatic rings. The Morgan fingerprint density at radius 1 is 0.385 bits per heavy atom. The number of rotatable bonds is 0. The summed E-state index contributed by atoms with van der Waals surface area (Å²) in [5.74, 6) is 7.05. The van der Waals surface area contributed by atoms with Gasteiger partial charge in [-0.05, 0) is 225 Å². The Morgan fingerprint density at radius 2 is 0.760 bits per heavy atom. The van der Waals surface area contributed by atoms with Gasteiger partial charge in [0.15, 0.2) is 5.65 Å². The lowest BCUT2D eigenvalue weighted by molar-refractivity contribution is 0.0780. The van der Waals surface area contributed by atoms with E-state index in [9.17, 15) is 4.79 Å². The first kappa shape index (κ1) is 100. The van der Waals surface area contributed by atoms with Gasteiger partial charge in [-0.3, -0.25) is 14.2 Å². The zero-order valence-corrected chi connectivity index (χ0v) is 75.3. The van der Waals surface area contributed by atoms with Gasteiger partial charge >= 0.3 is 0 Å². The predicted octanol–water partition coefficient (Wildman–Crippen LogP) is 29.8. The lowest BCUT2D eigenvalue weighted by Crippen LogP contribution is -2.34. The van der Waals surface area contributed by atoms with Gasteiger partial charge in [-0.15, -0.1) is 10.2 Å². The molecule has 590 valence electrons. The molecule has 3 aromatic heterocycles. The number of fused-ring (bicyclic) bond motifs is 2. The van der Waals surface area contributed by atoms with Gasteiger partial charge in [0.05, 0.1) is 0 Å². The molecule has 0 saturated heterocycles. The van der Waals surface area contributed by atoms with Crippen LogP contribution in [0, 0.1) is 70.1 Å². The van der Waals surface area contributed by atoms with Crippen molar-refractivity contribution in [3.05, 3.63) is 188 Å². The molecular weight excluding hydrogens is 1260 g/mol. The van der Waals surface area contributed by atoms with Crippen LogP contribution in [0.15, 0.2) is 121 Å². The van der Waals surface area contributed by atoms with E-state index in [1.807, 2.05) is 99.1 Å². The van der Waals surface area contributed by atoms with E-state index in [1.54, 1.807) is 16.0 Å². The molecule has 2 saturated carbocycles. The molecule has 0 spiro atoms. The normalized spacial score (nSPS) is 18.9. The van der Waals surface area contributed by atoms with Crippen molar-refractivity contribution in [1.29, 1.82) is 0 Å². The molecular formula is C98H167N5O. The minimum atomic E-state index is 0.154. The van der Waals surface area contributed by atoms with E-state index in [-0.39, 0.29) is 33.0 Å². The SMILES string of the molecule is CC.CC.CC.CC.CC1=CC[C@@H](C)CC1.CC1=CC[C@H](C)CC1.CC1CCC(C)CC1.CC1CCC(C)CC1.CN1CCc2cc(C(C)(C)C)ccc2C1=O.Cc1ccc(C(C)(C)C)cc1.Cc1ccc(C(C)(C)C)cc1C.Cc1ccc(C(C)(C)C)cn1.Cc1nnc2cc(C(C)(C)C)ccn12. The maximum absolute atomic E-state index is 11.9. The van der Waals surface area contributed by atoms with Crippen LogP contribution in [0.1, 0.15) is 376 Å². The Balaban J connectivity index is 0. The van der Waals surface area contributed by atoms with Gasteiger partial charge in [0.25, 0.3) is 5.91 Å². The number of nitrogens with zero attached hydrogens (tertiary/aromatic N) is 5. The van der Waals surface area contributed by atoms with Crippen molar-refractivity contribution in [2.75, 3.05) is 13.6 Å². The molecule has 4 aliphatic carbocycles. The molecule has 0 radical (unpaired) electrons. The monoisotopic (exact) mass is 1430 g/mol. The summed E-state index contributed by atoms with van der Waals surface area (Å²) in [4.78, 5) is 17.9. The van der Waals surface area contributed by atoms with Crippen molar-refractivity contribution >= 4 is 11.6 Å². The van der Waals surface area contributed by atoms with E-state index in [0.717, 1.165) is 71.2 Å². The Labute approximate surface area is 646 Å². The quantitative estimate of drug-likeness (QED) is 0.142. The van der Waals surface area contributed by atoms with E-state index in [1.165, 1.54) is 140 Å². The fourth-order valence-electron chi connectivity index (χ4n) is 11.8. The molecule has 6 aromatic rings. The highest BCUT2D eigenvalue weighted by Gasteiger charge is 2.24. The smallest absolute Gasteiger partial charge is 0.253 e. The largest absolute Gasteiger partial charge is 0.341 e. The van der Waals surface area contributed by atoms with Crippen molar-refractivity contribution in [3.63, 3.8) is 0 Å². The highest BCUT2D eigenvalue weighted by molar-refractivity contribution is 5.96. The zero-order valence-electron chi connectivity index (χ0n) is 75.3. The molecule has 0 bridgehead atoms. The molecule has 4 heterocycles. The zero-order chi connectivity index (χ0) is 80.5. The summed E-state index contributed by atoms with van der Waals surface area (Å²) in [7, 11) is 1.86. The van der Waals surface area contributed by atoms with Crippen LogP contribution < -0.4 is 0 Å². The van der Waals surface area contributed by atoms with Crippen molar-refractivity contribution in [3.8, 4) is 0 Å². The fraction of sp³-hybridized carbons (Fsp3) is 0.653. The number of hydrogen-bond acceptors (Lipinski definition) is 4. The fourth-order valence-corrected chi connectivity index (χ4v) is 11.8. The second kappa shape index (κ2) is 50.8. The third-order valence-corrected chi connectivity index (χ3v) is 20.2.